The maximum absolute atomic E-state index is 12.7. The lowest BCUT2D eigenvalue weighted by atomic mass is 10.1. The number of anilines is 2. The molecule has 6 nitrogen and oxygen atoms in total. The van der Waals surface area contributed by atoms with Crippen LogP contribution in [-0.2, 0) is 21.2 Å². The number of aryl methyl sites for hydroxylation is 1. The molecule has 0 heterocycles. The van der Waals surface area contributed by atoms with Gasteiger partial charge >= 0.3 is 0 Å². The third kappa shape index (κ3) is 5.73. The number of unbranched alkanes of at least 4 members (excludes halogenated alkanes) is 1. The Labute approximate surface area is 167 Å². The van der Waals surface area contributed by atoms with Crippen LogP contribution in [0.4, 0.5) is 11.4 Å². The van der Waals surface area contributed by atoms with E-state index < -0.39 is 22.0 Å². The van der Waals surface area contributed by atoms with E-state index in [9.17, 15) is 13.2 Å². The molecule has 2 rings (SSSR count). The smallest absolute Gasteiger partial charge is 0.247 e. The molecule has 1 amide bonds. The van der Waals surface area contributed by atoms with E-state index in [0.717, 1.165) is 29.8 Å². The summed E-state index contributed by atoms with van der Waals surface area (Å²) in [5.41, 5.74) is 2.22. The van der Waals surface area contributed by atoms with E-state index in [2.05, 4.69) is 12.2 Å². The fraction of sp³-hybridized carbons (Fsp3) is 0.381. The van der Waals surface area contributed by atoms with Crippen molar-refractivity contribution >= 4 is 27.3 Å². The molecule has 0 bridgehead atoms. The molecule has 7 heteroatoms. The summed E-state index contributed by atoms with van der Waals surface area (Å²) in [4.78, 5) is 12.7. The Morgan fingerprint density at radius 3 is 2.43 bits per heavy atom. The van der Waals surface area contributed by atoms with Gasteiger partial charge in [-0.05, 0) is 49.6 Å². The van der Waals surface area contributed by atoms with Crippen molar-refractivity contribution in [3.05, 3.63) is 54.1 Å². The number of rotatable bonds is 9. The van der Waals surface area contributed by atoms with Crippen LogP contribution in [0.15, 0.2) is 48.5 Å². The maximum atomic E-state index is 12.7. The van der Waals surface area contributed by atoms with E-state index >= 15 is 0 Å². The molecule has 0 aliphatic heterocycles. The highest BCUT2D eigenvalue weighted by molar-refractivity contribution is 7.92. The standard InChI is InChI=1S/C21H28N2O4S/c1-5-6-8-17-11-13-18(14-12-17)22-21(24)16(2)23(28(4,25)26)19-9-7-10-20(15-19)27-3/h7,9-16H,5-6,8H2,1-4H3,(H,22,24). The number of methoxy groups -OCH3 is 1. The van der Waals surface area contributed by atoms with Crippen LogP contribution in [0.2, 0.25) is 0 Å². The van der Waals surface area contributed by atoms with Crippen molar-refractivity contribution in [3.8, 4) is 5.75 Å². The van der Waals surface area contributed by atoms with Gasteiger partial charge in [0.15, 0.2) is 0 Å². The third-order valence-electron chi connectivity index (χ3n) is 4.44. The molecule has 0 saturated heterocycles. The zero-order chi connectivity index (χ0) is 20.7. The lowest BCUT2D eigenvalue weighted by Gasteiger charge is -2.28. The van der Waals surface area contributed by atoms with Crippen LogP contribution in [0.3, 0.4) is 0 Å². The average Bonchev–Trinajstić information content (AvgIpc) is 2.66. The first-order valence-corrected chi connectivity index (χ1v) is 11.1. The third-order valence-corrected chi connectivity index (χ3v) is 5.68. The molecule has 0 aliphatic carbocycles. The van der Waals surface area contributed by atoms with Gasteiger partial charge in [-0.3, -0.25) is 9.10 Å². The van der Waals surface area contributed by atoms with Crippen molar-refractivity contribution in [2.75, 3.05) is 23.0 Å². The van der Waals surface area contributed by atoms with Crippen molar-refractivity contribution in [3.63, 3.8) is 0 Å². The number of benzene rings is 2. The average molecular weight is 405 g/mol. The number of nitrogens with zero attached hydrogens (tertiary/aromatic N) is 1. The summed E-state index contributed by atoms with van der Waals surface area (Å²) in [5.74, 6) is 0.107. The van der Waals surface area contributed by atoms with Crippen molar-refractivity contribution in [2.45, 2.75) is 39.2 Å². The summed E-state index contributed by atoms with van der Waals surface area (Å²) in [6.45, 7) is 3.71. The van der Waals surface area contributed by atoms with Crippen molar-refractivity contribution in [1.82, 2.24) is 0 Å². The molecule has 0 aliphatic rings. The summed E-state index contributed by atoms with van der Waals surface area (Å²) in [6.07, 6.45) is 4.33. The fourth-order valence-electron chi connectivity index (χ4n) is 2.94. The summed E-state index contributed by atoms with van der Waals surface area (Å²) in [5, 5.41) is 2.80. The quantitative estimate of drug-likeness (QED) is 0.689. The molecule has 0 spiro atoms. The first-order valence-electron chi connectivity index (χ1n) is 9.29. The predicted octanol–water partition coefficient (Wildman–Crippen LogP) is 3.83. The van der Waals surface area contributed by atoms with Crippen molar-refractivity contribution in [2.24, 2.45) is 0 Å². The van der Waals surface area contributed by atoms with Crippen LogP contribution in [0, 0.1) is 0 Å². The molecule has 152 valence electrons. The number of amides is 1. The minimum absolute atomic E-state index is 0.374. The lowest BCUT2D eigenvalue weighted by molar-refractivity contribution is -0.116. The largest absolute Gasteiger partial charge is 0.497 e. The first-order chi connectivity index (χ1) is 13.3. The Morgan fingerprint density at radius 1 is 1.18 bits per heavy atom. The Bertz CT molecular complexity index is 895. The lowest BCUT2D eigenvalue weighted by Crippen LogP contribution is -2.45. The summed E-state index contributed by atoms with van der Waals surface area (Å²) < 4.78 is 31.0. The van der Waals surface area contributed by atoms with Crippen LogP contribution in [0.1, 0.15) is 32.3 Å². The van der Waals surface area contributed by atoms with Gasteiger partial charge in [-0.15, -0.1) is 0 Å². The Hall–Kier alpha value is -2.54. The number of sulfonamides is 1. The van der Waals surface area contributed by atoms with Gasteiger partial charge in [0.2, 0.25) is 15.9 Å². The zero-order valence-corrected chi connectivity index (χ0v) is 17.6. The number of carbonyl (C=O) groups is 1. The minimum Gasteiger partial charge on any atom is -0.497 e. The highest BCUT2D eigenvalue weighted by atomic mass is 32.2. The molecule has 1 N–H and O–H groups in total. The molecular weight excluding hydrogens is 376 g/mol. The van der Waals surface area contributed by atoms with Gasteiger partial charge in [-0.25, -0.2) is 8.42 Å². The maximum Gasteiger partial charge on any atom is 0.247 e. The second-order valence-electron chi connectivity index (χ2n) is 6.73. The summed E-state index contributed by atoms with van der Waals surface area (Å²) >= 11 is 0. The van der Waals surface area contributed by atoms with E-state index in [1.807, 2.05) is 24.3 Å². The molecule has 1 unspecified atom stereocenters. The monoisotopic (exact) mass is 404 g/mol. The fourth-order valence-corrected chi connectivity index (χ4v) is 4.11. The number of hydrogen-bond acceptors (Lipinski definition) is 4. The Kier molecular flexibility index (Phi) is 7.45. The van der Waals surface area contributed by atoms with E-state index in [-0.39, 0.29) is 0 Å². The summed E-state index contributed by atoms with van der Waals surface area (Å²) in [7, 11) is -2.18. The molecule has 0 saturated carbocycles. The number of ether oxygens (including phenoxy) is 1. The Morgan fingerprint density at radius 2 is 1.86 bits per heavy atom. The Balaban J connectivity index is 2.19. The van der Waals surface area contributed by atoms with E-state index in [1.165, 1.54) is 12.7 Å². The number of carbonyl (C=O) groups excluding carboxylic acids is 1. The van der Waals surface area contributed by atoms with Crippen molar-refractivity contribution in [1.29, 1.82) is 0 Å². The van der Waals surface area contributed by atoms with Crippen LogP contribution in [-0.4, -0.2) is 33.7 Å². The molecule has 1 atom stereocenters. The molecular formula is C21H28N2O4S. The molecule has 2 aromatic carbocycles. The second kappa shape index (κ2) is 9.59. The predicted molar refractivity (Wildman–Crippen MR) is 113 cm³/mol. The van der Waals surface area contributed by atoms with Gasteiger partial charge in [0.1, 0.15) is 11.8 Å². The normalized spacial score (nSPS) is 12.3. The molecule has 0 radical (unpaired) electrons. The molecule has 28 heavy (non-hydrogen) atoms. The minimum atomic E-state index is -3.68. The topological polar surface area (TPSA) is 75.7 Å². The van der Waals surface area contributed by atoms with E-state index in [4.69, 9.17) is 4.74 Å². The zero-order valence-electron chi connectivity index (χ0n) is 16.8. The van der Waals surface area contributed by atoms with Gasteiger partial charge in [0.05, 0.1) is 19.1 Å². The molecule has 2 aromatic rings. The highest BCUT2D eigenvalue weighted by Gasteiger charge is 2.29. The van der Waals surface area contributed by atoms with Gasteiger partial charge < -0.3 is 10.1 Å². The van der Waals surface area contributed by atoms with Gasteiger partial charge in [-0.1, -0.05) is 31.5 Å². The van der Waals surface area contributed by atoms with Gasteiger partial charge in [0, 0.05) is 11.8 Å². The summed E-state index contributed by atoms with van der Waals surface area (Å²) in [6, 6.07) is 13.3. The second-order valence-corrected chi connectivity index (χ2v) is 8.59. The highest BCUT2D eigenvalue weighted by Crippen LogP contribution is 2.25. The van der Waals surface area contributed by atoms with Crippen LogP contribution in [0.5, 0.6) is 5.75 Å². The van der Waals surface area contributed by atoms with Crippen molar-refractivity contribution < 1.29 is 17.9 Å². The van der Waals surface area contributed by atoms with Crippen LogP contribution < -0.4 is 14.4 Å². The van der Waals surface area contributed by atoms with Gasteiger partial charge in [0.25, 0.3) is 0 Å². The first kappa shape index (κ1) is 21.8. The van der Waals surface area contributed by atoms with Crippen LogP contribution >= 0.6 is 0 Å². The van der Waals surface area contributed by atoms with Gasteiger partial charge in [-0.2, -0.15) is 0 Å². The number of hydrogen-bond donors (Lipinski definition) is 1. The van der Waals surface area contributed by atoms with E-state index in [1.54, 1.807) is 31.2 Å². The van der Waals surface area contributed by atoms with Crippen LogP contribution in [0.25, 0.3) is 0 Å². The molecule has 0 fully saturated rings. The van der Waals surface area contributed by atoms with E-state index in [0.29, 0.717) is 17.1 Å². The number of nitrogens with one attached hydrogen (secondary N) is 1. The SMILES string of the molecule is CCCCc1ccc(NC(=O)C(C)N(c2cccc(OC)c2)S(C)(=O)=O)cc1. The molecule has 0 aromatic heterocycles.